The molecule has 0 spiro atoms. The molecule has 44 heavy (non-hydrogen) atoms. The van der Waals surface area contributed by atoms with Crippen molar-refractivity contribution in [3.63, 3.8) is 0 Å². The molecule has 0 atom stereocenters. The van der Waals surface area contributed by atoms with Gasteiger partial charge in [-0.05, 0) is 104 Å². The summed E-state index contributed by atoms with van der Waals surface area (Å²) in [4.78, 5) is 0. The highest BCUT2D eigenvalue weighted by Crippen LogP contribution is 2.44. The molecule has 1 nitrogen and oxygen atoms in total. The molecular weight excluding hydrogens is 581 g/mol. The van der Waals surface area contributed by atoms with Gasteiger partial charge in [-0.25, -0.2) is 22.0 Å². The summed E-state index contributed by atoms with van der Waals surface area (Å²) in [5.74, 6) is -7.97. The fraction of sp³-hybridized carbons (Fsp3) is 0.500. The van der Waals surface area contributed by atoms with Crippen molar-refractivity contribution in [3.05, 3.63) is 99.9 Å². The highest BCUT2D eigenvalue weighted by molar-refractivity contribution is 5.34. The monoisotopic (exact) mass is 620 g/mol. The number of halogens is 7. The van der Waals surface area contributed by atoms with E-state index in [1.807, 2.05) is 0 Å². The first-order valence-electron chi connectivity index (χ1n) is 15.9. The van der Waals surface area contributed by atoms with Gasteiger partial charge in [0, 0.05) is 12.1 Å². The van der Waals surface area contributed by atoms with E-state index in [4.69, 9.17) is 0 Å². The maximum Gasteiger partial charge on any atom is 0.432 e. The van der Waals surface area contributed by atoms with Gasteiger partial charge in [0.25, 0.3) is 0 Å². The van der Waals surface area contributed by atoms with Crippen molar-refractivity contribution in [2.75, 3.05) is 0 Å². The molecule has 5 rings (SSSR count). The van der Waals surface area contributed by atoms with E-state index in [-0.39, 0.29) is 23.6 Å². The lowest BCUT2D eigenvalue weighted by atomic mass is 9.74. The lowest BCUT2D eigenvalue weighted by molar-refractivity contribution is -0.189. The van der Waals surface area contributed by atoms with Gasteiger partial charge in [0.1, 0.15) is 22.9 Å². The zero-order valence-corrected chi connectivity index (χ0v) is 25.0. The van der Waals surface area contributed by atoms with E-state index >= 15 is 0 Å². The molecule has 0 heterocycles. The van der Waals surface area contributed by atoms with Crippen LogP contribution in [0.4, 0.5) is 30.7 Å². The molecule has 2 aliphatic carbocycles. The van der Waals surface area contributed by atoms with Crippen molar-refractivity contribution in [2.45, 2.75) is 108 Å². The Balaban J connectivity index is 1.17. The molecule has 2 saturated carbocycles. The predicted molar refractivity (Wildman–Crippen MR) is 156 cm³/mol. The lowest BCUT2D eigenvalue weighted by Gasteiger charge is -2.31. The molecule has 3 aromatic rings. The van der Waals surface area contributed by atoms with E-state index in [1.54, 1.807) is 0 Å². The summed E-state index contributed by atoms with van der Waals surface area (Å²) in [6.07, 6.45) is 8.70. The number of ether oxygens (including phenoxy) is 1. The largest absolute Gasteiger partial charge is 0.432 e. The summed E-state index contributed by atoms with van der Waals surface area (Å²) in [6, 6.07) is 11.0. The van der Waals surface area contributed by atoms with Crippen LogP contribution in [0.5, 0.6) is 5.75 Å². The average molecular weight is 621 g/mol. The second-order valence-corrected chi connectivity index (χ2v) is 12.6. The van der Waals surface area contributed by atoms with Crippen LogP contribution in [0.3, 0.4) is 0 Å². The standard InChI is InChI=1S/C36H39F7O/c1-2-3-4-5-22-6-8-23(9-7-22)24-10-12-25(13-11-24)26-14-16-27(17-15-26)28-18-30(37)34(31(38)19-28)36(42,43)44-29-20-32(39)35(41)33(40)21-29/h10-13,18-23,26-27H,2-9,14-17H2,1H3. The van der Waals surface area contributed by atoms with Crippen molar-refractivity contribution < 1.29 is 35.5 Å². The molecule has 8 heteroatoms. The first-order chi connectivity index (χ1) is 21.1. The van der Waals surface area contributed by atoms with Gasteiger partial charge in [0.2, 0.25) is 0 Å². The lowest BCUT2D eigenvalue weighted by Crippen LogP contribution is -2.26. The van der Waals surface area contributed by atoms with Crippen LogP contribution in [0.25, 0.3) is 0 Å². The highest BCUT2D eigenvalue weighted by atomic mass is 19.3. The highest BCUT2D eigenvalue weighted by Gasteiger charge is 2.42. The maximum absolute atomic E-state index is 14.9. The topological polar surface area (TPSA) is 9.23 Å². The van der Waals surface area contributed by atoms with Gasteiger partial charge in [-0.1, -0.05) is 56.9 Å². The Morgan fingerprint density at radius 3 is 1.55 bits per heavy atom. The van der Waals surface area contributed by atoms with Gasteiger partial charge in [-0.15, -0.1) is 0 Å². The van der Waals surface area contributed by atoms with Crippen LogP contribution in [0, 0.1) is 35.0 Å². The van der Waals surface area contributed by atoms with Crippen molar-refractivity contribution in [3.8, 4) is 5.75 Å². The molecule has 0 aliphatic heterocycles. The van der Waals surface area contributed by atoms with Crippen molar-refractivity contribution in [2.24, 2.45) is 5.92 Å². The van der Waals surface area contributed by atoms with Gasteiger partial charge in [0.15, 0.2) is 17.5 Å². The third-order valence-corrected chi connectivity index (χ3v) is 9.70. The van der Waals surface area contributed by atoms with Gasteiger partial charge < -0.3 is 4.74 Å². The molecule has 0 amide bonds. The normalized spacial score (nSPS) is 22.6. The van der Waals surface area contributed by atoms with E-state index in [9.17, 15) is 30.7 Å². The number of rotatable bonds is 10. The van der Waals surface area contributed by atoms with Crippen LogP contribution in [0.2, 0.25) is 0 Å². The summed E-state index contributed by atoms with van der Waals surface area (Å²) in [7, 11) is 0. The SMILES string of the molecule is CCCCCC1CCC(c2ccc(C3CCC(c4cc(F)c(C(F)(F)Oc5cc(F)c(F)c(F)c5)c(F)c4)CC3)cc2)CC1. The van der Waals surface area contributed by atoms with Crippen LogP contribution >= 0.6 is 0 Å². The second-order valence-electron chi connectivity index (χ2n) is 12.6. The van der Waals surface area contributed by atoms with Gasteiger partial charge in [-0.2, -0.15) is 8.78 Å². The minimum atomic E-state index is -4.60. The molecule has 238 valence electrons. The number of benzene rings is 3. The van der Waals surface area contributed by atoms with Gasteiger partial charge in [0.05, 0.1) is 0 Å². The molecule has 2 fully saturated rings. The number of hydrogen-bond donors (Lipinski definition) is 0. The van der Waals surface area contributed by atoms with E-state index in [2.05, 4.69) is 35.9 Å². The first-order valence-corrected chi connectivity index (χ1v) is 15.9. The van der Waals surface area contributed by atoms with Crippen LogP contribution in [-0.2, 0) is 6.11 Å². The van der Waals surface area contributed by atoms with Crippen LogP contribution in [0.1, 0.15) is 124 Å². The van der Waals surface area contributed by atoms with Crippen LogP contribution in [-0.4, -0.2) is 0 Å². The molecule has 2 aliphatic rings. The quantitative estimate of drug-likeness (QED) is 0.124. The van der Waals surface area contributed by atoms with Crippen LogP contribution < -0.4 is 4.74 Å². The molecule has 0 unspecified atom stereocenters. The molecule has 0 saturated heterocycles. The Bertz CT molecular complexity index is 1360. The number of unbranched alkanes of at least 4 members (excludes halogenated alkanes) is 2. The van der Waals surface area contributed by atoms with Gasteiger partial charge in [-0.3, -0.25) is 0 Å². The average Bonchev–Trinajstić information content (AvgIpc) is 3.00. The van der Waals surface area contributed by atoms with Gasteiger partial charge >= 0.3 is 6.11 Å². The fourth-order valence-corrected chi connectivity index (χ4v) is 7.16. The first kappa shape index (κ1) is 32.4. The summed E-state index contributed by atoms with van der Waals surface area (Å²) in [5, 5.41) is 0. The molecule has 0 radical (unpaired) electrons. The smallest absolute Gasteiger partial charge is 0.429 e. The Morgan fingerprint density at radius 2 is 1.07 bits per heavy atom. The zero-order valence-electron chi connectivity index (χ0n) is 25.0. The Kier molecular flexibility index (Phi) is 10.3. The predicted octanol–water partition coefficient (Wildman–Crippen LogP) is 11.8. The molecule has 3 aromatic carbocycles. The second kappa shape index (κ2) is 13.9. The summed E-state index contributed by atoms with van der Waals surface area (Å²) in [5.41, 5.74) is 1.25. The van der Waals surface area contributed by atoms with Crippen molar-refractivity contribution in [1.29, 1.82) is 0 Å². The Morgan fingerprint density at radius 1 is 0.614 bits per heavy atom. The van der Waals surface area contributed by atoms with Crippen molar-refractivity contribution >= 4 is 0 Å². The fourth-order valence-electron chi connectivity index (χ4n) is 7.16. The summed E-state index contributed by atoms with van der Waals surface area (Å²) < 4.78 is 103. The molecule has 0 aromatic heterocycles. The molecular formula is C36H39F7O. The van der Waals surface area contributed by atoms with Crippen LogP contribution in [0.15, 0.2) is 48.5 Å². The van der Waals surface area contributed by atoms with E-state index in [0.29, 0.717) is 24.7 Å². The van der Waals surface area contributed by atoms with E-state index in [1.165, 1.54) is 62.5 Å². The number of hydrogen-bond acceptors (Lipinski definition) is 1. The Labute approximate surface area is 254 Å². The van der Waals surface area contributed by atoms with E-state index < -0.39 is 46.5 Å². The summed E-state index contributed by atoms with van der Waals surface area (Å²) >= 11 is 0. The summed E-state index contributed by atoms with van der Waals surface area (Å²) in [6.45, 7) is 2.24. The molecule has 0 bridgehead atoms. The zero-order chi connectivity index (χ0) is 31.4. The van der Waals surface area contributed by atoms with E-state index in [0.717, 1.165) is 30.9 Å². The third-order valence-electron chi connectivity index (χ3n) is 9.70. The number of alkyl halides is 2. The molecule has 0 N–H and O–H groups in total. The van der Waals surface area contributed by atoms with Crippen molar-refractivity contribution in [1.82, 2.24) is 0 Å². The third kappa shape index (κ3) is 7.43. The minimum Gasteiger partial charge on any atom is -0.429 e. The minimum absolute atomic E-state index is 0.183. The maximum atomic E-state index is 14.9. The Hall–Kier alpha value is -3.03.